The first-order valence-electron chi connectivity index (χ1n) is 11.5. The third-order valence-electron chi connectivity index (χ3n) is 6.35. The number of nitrogens with zero attached hydrogens (tertiary/aromatic N) is 5. The highest BCUT2D eigenvalue weighted by Crippen LogP contribution is 2.23. The number of nitrogens with one attached hydrogen (secondary N) is 1. The summed E-state index contributed by atoms with van der Waals surface area (Å²) in [5, 5.41) is 7.72. The lowest BCUT2D eigenvalue weighted by Gasteiger charge is -2.37. The smallest absolute Gasteiger partial charge is 0.241 e. The zero-order valence-corrected chi connectivity index (χ0v) is 20.0. The third-order valence-corrected chi connectivity index (χ3v) is 6.35. The first kappa shape index (κ1) is 23.9. The van der Waals surface area contributed by atoms with Crippen molar-refractivity contribution in [1.82, 2.24) is 24.5 Å². The molecule has 0 saturated carbocycles. The van der Waals surface area contributed by atoms with Crippen LogP contribution in [0.15, 0.2) is 30.3 Å². The van der Waals surface area contributed by atoms with Gasteiger partial charge >= 0.3 is 0 Å². The molecule has 1 fully saturated rings. The Balaban J connectivity index is 1.57. The molecule has 174 valence electrons. The normalized spacial score (nSPS) is 16.0. The number of carbonyl (C=O) groups excluding carboxylic acids is 2. The van der Waals surface area contributed by atoms with Crippen LogP contribution in [0.2, 0.25) is 0 Å². The van der Waals surface area contributed by atoms with Gasteiger partial charge in [0, 0.05) is 39.3 Å². The quantitative estimate of drug-likeness (QED) is 0.682. The van der Waals surface area contributed by atoms with Gasteiger partial charge in [-0.3, -0.25) is 19.4 Å². The fraction of sp³-hybridized carbons (Fsp3) is 0.542. The number of amides is 2. The number of anilines is 1. The van der Waals surface area contributed by atoms with E-state index in [0.717, 1.165) is 62.0 Å². The zero-order valence-electron chi connectivity index (χ0n) is 20.0. The third kappa shape index (κ3) is 5.37. The SMILES string of the molecule is CCN(CC)C(=O)CN1CCN(C(C)C(=O)Nc2c(C)nn(-c3ccccc3)c2C)CC1. The van der Waals surface area contributed by atoms with Crippen LogP contribution in [0.5, 0.6) is 0 Å². The molecule has 1 aliphatic rings. The Bertz CT molecular complexity index is 914. The minimum Gasteiger partial charge on any atom is -0.342 e. The maximum atomic E-state index is 13.0. The summed E-state index contributed by atoms with van der Waals surface area (Å²) in [6, 6.07) is 9.66. The molecule has 1 aliphatic heterocycles. The Morgan fingerprint density at radius 3 is 2.28 bits per heavy atom. The Hall–Kier alpha value is -2.71. The maximum absolute atomic E-state index is 13.0. The van der Waals surface area contributed by atoms with Gasteiger partial charge in [0.2, 0.25) is 11.8 Å². The average Bonchev–Trinajstić information content (AvgIpc) is 3.08. The molecule has 2 amide bonds. The van der Waals surface area contributed by atoms with Crippen LogP contribution in [0.25, 0.3) is 5.69 Å². The van der Waals surface area contributed by atoms with Crippen molar-refractivity contribution in [1.29, 1.82) is 0 Å². The molecule has 1 saturated heterocycles. The maximum Gasteiger partial charge on any atom is 0.241 e. The predicted octanol–water partition coefficient (Wildman–Crippen LogP) is 2.30. The summed E-state index contributed by atoms with van der Waals surface area (Å²) < 4.78 is 1.86. The van der Waals surface area contributed by atoms with Crippen molar-refractivity contribution < 1.29 is 9.59 Å². The molecule has 1 N–H and O–H groups in total. The molecule has 1 aromatic carbocycles. The second kappa shape index (κ2) is 10.7. The largest absolute Gasteiger partial charge is 0.342 e. The van der Waals surface area contributed by atoms with Crippen LogP contribution in [-0.4, -0.2) is 88.1 Å². The molecule has 1 unspecified atom stereocenters. The number of benzene rings is 1. The summed E-state index contributed by atoms with van der Waals surface area (Å²) in [6.07, 6.45) is 0. The van der Waals surface area contributed by atoms with Gasteiger partial charge in [-0.1, -0.05) is 18.2 Å². The summed E-state index contributed by atoms with van der Waals surface area (Å²) in [7, 11) is 0. The molecule has 1 aromatic heterocycles. The highest BCUT2D eigenvalue weighted by Gasteiger charge is 2.28. The topological polar surface area (TPSA) is 73.7 Å². The van der Waals surface area contributed by atoms with E-state index in [4.69, 9.17) is 0 Å². The van der Waals surface area contributed by atoms with E-state index in [0.29, 0.717) is 6.54 Å². The lowest BCUT2D eigenvalue weighted by Crippen LogP contribution is -2.54. The lowest BCUT2D eigenvalue weighted by molar-refractivity contribution is -0.133. The second-order valence-electron chi connectivity index (χ2n) is 8.34. The van der Waals surface area contributed by atoms with Crippen LogP contribution < -0.4 is 5.32 Å². The molecule has 0 aliphatic carbocycles. The predicted molar refractivity (Wildman–Crippen MR) is 127 cm³/mol. The van der Waals surface area contributed by atoms with Gasteiger partial charge in [-0.2, -0.15) is 5.10 Å². The molecule has 3 rings (SSSR count). The van der Waals surface area contributed by atoms with Crippen molar-refractivity contribution in [3.05, 3.63) is 41.7 Å². The van der Waals surface area contributed by atoms with Gasteiger partial charge < -0.3 is 10.2 Å². The van der Waals surface area contributed by atoms with Crippen molar-refractivity contribution in [3.63, 3.8) is 0 Å². The van der Waals surface area contributed by atoms with Gasteiger partial charge in [-0.25, -0.2) is 4.68 Å². The van der Waals surface area contributed by atoms with Gasteiger partial charge in [0.1, 0.15) is 0 Å². The first-order chi connectivity index (χ1) is 15.3. The number of likely N-dealkylation sites (N-methyl/N-ethyl adjacent to an activating group) is 1. The minimum absolute atomic E-state index is 0.0310. The Kier molecular flexibility index (Phi) is 8.04. The Labute approximate surface area is 191 Å². The fourth-order valence-corrected chi connectivity index (χ4v) is 4.21. The van der Waals surface area contributed by atoms with Crippen LogP contribution >= 0.6 is 0 Å². The van der Waals surface area contributed by atoms with Crippen LogP contribution in [0, 0.1) is 13.8 Å². The van der Waals surface area contributed by atoms with E-state index in [2.05, 4.69) is 20.2 Å². The van der Waals surface area contributed by atoms with Crippen molar-refractivity contribution >= 4 is 17.5 Å². The van der Waals surface area contributed by atoms with Gasteiger partial charge in [0.25, 0.3) is 0 Å². The number of rotatable bonds is 8. The molecule has 8 nitrogen and oxygen atoms in total. The summed E-state index contributed by atoms with van der Waals surface area (Å²) >= 11 is 0. The summed E-state index contributed by atoms with van der Waals surface area (Å²) in [6.45, 7) is 14.9. The highest BCUT2D eigenvalue weighted by molar-refractivity contribution is 5.95. The van der Waals surface area contributed by atoms with Crippen molar-refractivity contribution in [2.75, 3.05) is 51.1 Å². The van der Waals surface area contributed by atoms with E-state index in [-0.39, 0.29) is 17.9 Å². The second-order valence-corrected chi connectivity index (χ2v) is 8.34. The van der Waals surface area contributed by atoms with E-state index in [1.165, 1.54) is 0 Å². The summed E-state index contributed by atoms with van der Waals surface area (Å²) in [5.74, 6) is 0.145. The van der Waals surface area contributed by atoms with E-state index < -0.39 is 0 Å². The molecule has 0 radical (unpaired) electrons. The molecule has 8 heteroatoms. The Morgan fingerprint density at radius 2 is 1.69 bits per heavy atom. The molecular weight excluding hydrogens is 404 g/mol. The van der Waals surface area contributed by atoms with Crippen molar-refractivity contribution in [3.8, 4) is 5.69 Å². The number of aromatic nitrogens is 2. The van der Waals surface area contributed by atoms with Gasteiger partial charge in [-0.05, 0) is 46.8 Å². The molecule has 1 atom stereocenters. The van der Waals surface area contributed by atoms with Crippen molar-refractivity contribution in [2.45, 2.75) is 40.7 Å². The first-order valence-corrected chi connectivity index (χ1v) is 11.5. The molecule has 0 spiro atoms. The highest BCUT2D eigenvalue weighted by atomic mass is 16.2. The molecule has 2 aromatic rings. The monoisotopic (exact) mass is 440 g/mol. The molecule has 0 bridgehead atoms. The van der Waals surface area contributed by atoms with E-state index in [9.17, 15) is 9.59 Å². The standard InChI is InChI=1S/C24H36N6O2/c1-6-28(7-2)22(31)17-27-13-15-29(16-14-27)20(5)24(32)25-23-18(3)26-30(19(23)4)21-11-9-8-10-12-21/h8-12,20H,6-7,13-17H2,1-5H3,(H,25,32). The number of hydrogen-bond acceptors (Lipinski definition) is 5. The summed E-state index contributed by atoms with van der Waals surface area (Å²) in [4.78, 5) is 31.6. The zero-order chi connectivity index (χ0) is 23.3. The van der Waals surface area contributed by atoms with E-state index in [1.807, 2.05) is 74.5 Å². The lowest BCUT2D eigenvalue weighted by atomic mass is 10.2. The minimum atomic E-state index is -0.255. The molecular formula is C24H36N6O2. The van der Waals surface area contributed by atoms with Crippen molar-refractivity contribution in [2.24, 2.45) is 0 Å². The molecule has 32 heavy (non-hydrogen) atoms. The van der Waals surface area contributed by atoms with Crippen LogP contribution in [0.3, 0.4) is 0 Å². The Morgan fingerprint density at radius 1 is 1.06 bits per heavy atom. The summed E-state index contributed by atoms with van der Waals surface area (Å²) in [5.41, 5.74) is 3.45. The number of carbonyl (C=O) groups is 2. The number of aryl methyl sites for hydroxylation is 1. The van der Waals surface area contributed by atoms with Gasteiger partial charge in [0.15, 0.2) is 0 Å². The van der Waals surface area contributed by atoms with Crippen LogP contribution in [0.4, 0.5) is 5.69 Å². The van der Waals surface area contributed by atoms with E-state index >= 15 is 0 Å². The van der Waals surface area contributed by atoms with Crippen LogP contribution in [-0.2, 0) is 9.59 Å². The van der Waals surface area contributed by atoms with E-state index in [1.54, 1.807) is 0 Å². The average molecular weight is 441 g/mol. The van der Waals surface area contributed by atoms with Gasteiger partial charge in [0.05, 0.1) is 35.3 Å². The molecule has 2 heterocycles. The fourth-order valence-electron chi connectivity index (χ4n) is 4.21. The number of para-hydroxylation sites is 1. The number of piperazine rings is 1. The number of hydrogen-bond donors (Lipinski definition) is 1. The van der Waals surface area contributed by atoms with Crippen LogP contribution in [0.1, 0.15) is 32.2 Å². The van der Waals surface area contributed by atoms with Gasteiger partial charge in [-0.15, -0.1) is 0 Å².